The van der Waals surface area contributed by atoms with E-state index in [-0.39, 0.29) is 17.9 Å². The topological polar surface area (TPSA) is 95.6 Å². The molecule has 0 aromatic heterocycles. The van der Waals surface area contributed by atoms with Crippen LogP contribution < -0.4 is 29.0 Å². The predicted octanol–water partition coefficient (Wildman–Crippen LogP) is 3.93. The first-order valence-corrected chi connectivity index (χ1v) is 12.3. The minimum atomic E-state index is -0.185. The summed E-state index contributed by atoms with van der Waals surface area (Å²) in [7, 11) is 3.08. The quantitative estimate of drug-likeness (QED) is 0.499. The first-order valence-electron chi connectivity index (χ1n) is 12.3. The number of piperidine rings is 1. The maximum Gasteiger partial charge on any atom is 0.254 e. The van der Waals surface area contributed by atoms with Crippen molar-refractivity contribution in [1.82, 2.24) is 10.2 Å². The van der Waals surface area contributed by atoms with Crippen LogP contribution >= 0.6 is 0 Å². The summed E-state index contributed by atoms with van der Waals surface area (Å²) < 4.78 is 27.8. The molecule has 0 radical (unpaired) electrons. The Morgan fingerprint density at radius 2 is 1.36 bits per heavy atom. The Morgan fingerprint density at radius 1 is 0.806 bits per heavy atom. The second kappa shape index (κ2) is 12.9. The monoisotopic (exact) mass is 500 g/mol. The highest BCUT2D eigenvalue weighted by molar-refractivity contribution is 5.96. The Hall–Kier alpha value is -3.62. The van der Waals surface area contributed by atoms with Crippen molar-refractivity contribution in [3.63, 3.8) is 0 Å². The summed E-state index contributed by atoms with van der Waals surface area (Å²) in [6.07, 6.45) is 1.30. The predicted molar refractivity (Wildman–Crippen MR) is 136 cm³/mol. The average Bonchev–Trinajstić information content (AvgIpc) is 2.90. The van der Waals surface area contributed by atoms with Crippen molar-refractivity contribution in [2.24, 2.45) is 0 Å². The van der Waals surface area contributed by atoms with Gasteiger partial charge in [0.05, 0.1) is 34.0 Å². The first kappa shape index (κ1) is 27.0. The summed E-state index contributed by atoms with van der Waals surface area (Å²) in [5.74, 6) is 2.26. The molecule has 0 aliphatic carbocycles. The highest BCUT2D eigenvalue weighted by Crippen LogP contribution is 2.39. The number of carbonyl (C=O) groups is 2. The van der Waals surface area contributed by atoms with Gasteiger partial charge in [0.25, 0.3) is 11.8 Å². The van der Waals surface area contributed by atoms with Crippen molar-refractivity contribution in [2.75, 3.05) is 47.1 Å². The third-order valence-electron chi connectivity index (χ3n) is 5.92. The molecule has 1 fully saturated rings. The largest absolute Gasteiger partial charge is 0.493 e. The van der Waals surface area contributed by atoms with E-state index >= 15 is 0 Å². The zero-order chi connectivity index (χ0) is 26.1. The maximum atomic E-state index is 13.3. The van der Waals surface area contributed by atoms with E-state index in [0.29, 0.717) is 85.6 Å². The maximum absolute atomic E-state index is 13.3. The number of nitrogens with one attached hydrogen (secondary N) is 1. The minimum Gasteiger partial charge on any atom is -0.493 e. The van der Waals surface area contributed by atoms with Crippen molar-refractivity contribution < 1.29 is 33.3 Å². The molecule has 1 N–H and O–H groups in total. The van der Waals surface area contributed by atoms with Gasteiger partial charge in [-0.3, -0.25) is 9.59 Å². The van der Waals surface area contributed by atoms with Gasteiger partial charge in [-0.2, -0.15) is 0 Å². The molecule has 0 saturated carbocycles. The molecule has 9 heteroatoms. The highest BCUT2D eigenvalue weighted by atomic mass is 16.5. The molecule has 9 nitrogen and oxygen atoms in total. The number of hydrogen-bond donors (Lipinski definition) is 1. The van der Waals surface area contributed by atoms with E-state index in [9.17, 15) is 9.59 Å². The summed E-state index contributed by atoms with van der Waals surface area (Å²) in [6, 6.07) is 8.46. The van der Waals surface area contributed by atoms with E-state index in [1.165, 1.54) is 7.11 Å². The summed E-state index contributed by atoms with van der Waals surface area (Å²) >= 11 is 0. The normalized spacial score (nSPS) is 13.6. The number of nitrogens with zero attached hydrogens (tertiary/aromatic N) is 1. The van der Waals surface area contributed by atoms with Gasteiger partial charge in [-0.05, 0) is 63.9 Å². The standard InChI is InChI=1S/C27H36N2O7/c1-6-34-23-16-19(17-24(35-7-2)25(23)36-8-3)27(31)29-13-11-20(12-14-29)28-26(30)18-9-10-21(32-4)22(15-18)33-5/h9-10,15-17,20H,6-8,11-14H2,1-5H3,(H,28,30). The van der Waals surface area contributed by atoms with Crippen LogP contribution in [0.2, 0.25) is 0 Å². The van der Waals surface area contributed by atoms with Crippen LogP contribution in [0.15, 0.2) is 30.3 Å². The van der Waals surface area contributed by atoms with Crippen LogP contribution in [-0.2, 0) is 0 Å². The van der Waals surface area contributed by atoms with Crippen molar-refractivity contribution in [3.8, 4) is 28.7 Å². The molecule has 1 heterocycles. The van der Waals surface area contributed by atoms with Crippen LogP contribution in [0.5, 0.6) is 28.7 Å². The van der Waals surface area contributed by atoms with Crippen LogP contribution in [-0.4, -0.2) is 69.9 Å². The number of carbonyl (C=O) groups excluding carboxylic acids is 2. The van der Waals surface area contributed by atoms with Crippen LogP contribution in [0.4, 0.5) is 0 Å². The van der Waals surface area contributed by atoms with Crippen LogP contribution in [0.3, 0.4) is 0 Å². The van der Waals surface area contributed by atoms with E-state index < -0.39 is 0 Å². The molecule has 0 atom stereocenters. The van der Waals surface area contributed by atoms with Crippen molar-refractivity contribution in [2.45, 2.75) is 39.7 Å². The molecule has 1 aliphatic heterocycles. The van der Waals surface area contributed by atoms with E-state index in [1.807, 2.05) is 20.8 Å². The van der Waals surface area contributed by atoms with Gasteiger partial charge in [0, 0.05) is 30.3 Å². The van der Waals surface area contributed by atoms with Gasteiger partial charge in [-0.25, -0.2) is 0 Å². The van der Waals surface area contributed by atoms with Crippen LogP contribution in [0.25, 0.3) is 0 Å². The first-order chi connectivity index (χ1) is 17.4. The third kappa shape index (κ3) is 6.33. The zero-order valence-electron chi connectivity index (χ0n) is 21.7. The molecule has 0 bridgehead atoms. The van der Waals surface area contributed by atoms with Gasteiger partial charge in [0.2, 0.25) is 5.75 Å². The number of rotatable bonds is 11. The Labute approximate surface area is 212 Å². The molecule has 1 aliphatic rings. The molecule has 2 amide bonds. The molecule has 1 saturated heterocycles. The third-order valence-corrected chi connectivity index (χ3v) is 5.92. The van der Waals surface area contributed by atoms with Gasteiger partial charge in [-0.1, -0.05) is 0 Å². The van der Waals surface area contributed by atoms with Crippen LogP contribution in [0, 0.1) is 0 Å². The number of hydrogen-bond acceptors (Lipinski definition) is 7. The van der Waals surface area contributed by atoms with Crippen molar-refractivity contribution in [3.05, 3.63) is 41.5 Å². The molecule has 36 heavy (non-hydrogen) atoms. The second-order valence-electron chi connectivity index (χ2n) is 8.21. The van der Waals surface area contributed by atoms with Gasteiger partial charge in [0.15, 0.2) is 23.0 Å². The van der Waals surface area contributed by atoms with E-state index in [4.69, 9.17) is 23.7 Å². The molecule has 196 valence electrons. The molecule has 0 spiro atoms. The molecule has 0 unspecified atom stereocenters. The fourth-order valence-electron chi connectivity index (χ4n) is 4.17. The lowest BCUT2D eigenvalue weighted by molar-refractivity contribution is 0.0697. The van der Waals surface area contributed by atoms with E-state index in [2.05, 4.69) is 5.32 Å². The minimum absolute atomic E-state index is 0.0343. The van der Waals surface area contributed by atoms with Crippen LogP contribution in [0.1, 0.15) is 54.3 Å². The van der Waals surface area contributed by atoms with Gasteiger partial charge in [0.1, 0.15) is 0 Å². The molecule has 3 rings (SSSR count). The Balaban J connectivity index is 1.66. The highest BCUT2D eigenvalue weighted by Gasteiger charge is 2.27. The summed E-state index contributed by atoms with van der Waals surface area (Å²) in [5, 5.41) is 3.07. The lowest BCUT2D eigenvalue weighted by Gasteiger charge is -2.32. The molecular formula is C27H36N2O7. The summed E-state index contributed by atoms with van der Waals surface area (Å²) in [5.41, 5.74) is 0.977. The smallest absolute Gasteiger partial charge is 0.254 e. The van der Waals surface area contributed by atoms with E-state index in [1.54, 1.807) is 42.3 Å². The summed E-state index contributed by atoms with van der Waals surface area (Å²) in [6.45, 7) is 8.03. The Kier molecular flexibility index (Phi) is 9.67. The van der Waals surface area contributed by atoms with E-state index in [0.717, 1.165) is 0 Å². The number of likely N-dealkylation sites (tertiary alicyclic amines) is 1. The number of ether oxygens (including phenoxy) is 5. The molecule has 2 aromatic carbocycles. The Bertz CT molecular complexity index is 1020. The second-order valence-corrected chi connectivity index (χ2v) is 8.21. The van der Waals surface area contributed by atoms with Gasteiger partial charge < -0.3 is 33.9 Å². The number of methoxy groups -OCH3 is 2. The Morgan fingerprint density at radius 3 is 1.89 bits per heavy atom. The SMILES string of the molecule is CCOc1cc(C(=O)N2CCC(NC(=O)c3ccc(OC)c(OC)c3)CC2)cc(OCC)c1OCC. The fourth-order valence-corrected chi connectivity index (χ4v) is 4.17. The summed E-state index contributed by atoms with van der Waals surface area (Å²) in [4.78, 5) is 27.9. The zero-order valence-corrected chi connectivity index (χ0v) is 21.7. The van der Waals surface area contributed by atoms with Crippen molar-refractivity contribution >= 4 is 11.8 Å². The number of amides is 2. The van der Waals surface area contributed by atoms with Gasteiger partial charge in [-0.15, -0.1) is 0 Å². The average molecular weight is 501 g/mol. The fraction of sp³-hybridized carbons (Fsp3) is 0.481. The lowest BCUT2D eigenvalue weighted by Crippen LogP contribution is -2.46. The molecule has 2 aromatic rings. The molecular weight excluding hydrogens is 464 g/mol. The van der Waals surface area contributed by atoms with Crippen molar-refractivity contribution in [1.29, 1.82) is 0 Å². The number of benzene rings is 2. The van der Waals surface area contributed by atoms with Gasteiger partial charge >= 0.3 is 0 Å². The lowest BCUT2D eigenvalue weighted by atomic mass is 10.0.